The van der Waals surface area contributed by atoms with Gasteiger partial charge in [-0.1, -0.05) is 77.3 Å². The highest BCUT2D eigenvalue weighted by molar-refractivity contribution is 6.35. The Morgan fingerprint density at radius 1 is 0.892 bits per heavy atom. The van der Waals surface area contributed by atoms with Crippen molar-refractivity contribution in [3.8, 4) is 22.8 Å². The van der Waals surface area contributed by atoms with Crippen molar-refractivity contribution in [3.63, 3.8) is 0 Å². The molecule has 7 rings (SSSR count). The van der Waals surface area contributed by atoms with E-state index in [4.69, 9.17) is 39.5 Å². The molecular weight excluding hydrogens is 887 g/mol. The number of carbonyl (C=O) groups excluding carboxylic acids is 4. The number of halogens is 3. The highest BCUT2D eigenvalue weighted by Crippen LogP contribution is 2.37. The van der Waals surface area contributed by atoms with Crippen molar-refractivity contribution in [1.29, 1.82) is 0 Å². The van der Waals surface area contributed by atoms with Crippen LogP contribution in [0.15, 0.2) is 97.2 Å². The maximum Gasteiger partial charge on any atom is 0.226 e. The van der Waals surface area contributed by atoms with Crippen LogP contribution in [0.4, 0.5) is 0 Å². The number of benzene rings is 4. The van der Waals surface area contributed by atoms with Crippen LogP contribution in [0.25, 0.3) is 11.3 Å². The van der Waals surface area contributed by atoms with Gasteiger partial charge in [-0.25, -0.2) is 4.98 Å². The number of piperidine rings is 1. The van der Waals surface area contributed by atoms with E-state index in [1.165, 1.54) is 4.90 Å². The van der Waals surface area contributed by atoms with Crippen LogP contribution in [0.2, 0.25) is 15.1 Å². The second-order valence-electron chi connectivity index (χ2n) is 17.6. The zero-order valence-corrected chi connectivity index (χ0v) is 39.4. The SMILES string of the molecule is C[C@H]1C(=O)C[C@@H](CO)C(=O)N[C@@]2(Cc3ccc(Cl)cc3)CCCN(C2)C(=O)[C@H](Cc2ccccc2)CC(=O)N1Cc1c(Cl)cc(Cl)cc1Oc1ccc(-c2cnc(CN(C)C)n2C)cc1. The molecule has 0 saturated carbocycles. The summed E-state index contributed by atoms with van der Waals surface area (Å²) in [5.74, 6) is -1.91. The lowest BCUT2D eigenvalue weighted by Crippen LogP contribution is -2.63. The molecule has 2 bridgehead atoms. The summed E-state index contributed by atoms with van der Waals surface area (Å²) in [6.07, 6.45) is 3.08. The lowest BCUT2D eigenvalue weighted by Gasteiger charge is -2.45. The molecule has 2 N–H and O–H groups in total. The molecule has 12 nitrogen and oxygen atoms in total. The van der Waals surface area contributed by atoms with Crippen molar-refractivity contribution < 1.29 is 29.0 Å². The van der Waals surface area contributed by atoms with E-state index in [0.29, 0.717) is 53.7 Å². The lowest BCUT2D eigenvalue weighted by molar-refractivity contribution is -0.147. The number of nitrogens with one attached hydrogen (secondary N) is 1. The fraction of sp³-hybridized carbons (Fsp3) is 0.380. The zero-order valence-electron chi connectivity index (χ0n) is 37.1. The summed E-state index contributed by atoms with van der Waals surface area (Å²) < 4.78 is 8.49. The Bertz CT molecular complexity index is 2500. The Hall–Kier alpha value is -5.24. The summed E-state index contributed by atoms with van der Waals surface area (Å²) in [5, 5.41) is 14.9. The molecule has 342 valence electrons. The van der Waals surface area contributed by atoms with Crippen LogP contribution in [-0.2, 0) is 52.2 Å². The van der Waals surface area contributed by atoms with Crippen LogP contribution in [0.3, 0.4) is 0 Å². The predicted molar refractivity (Wildman–Crippen MR) is 253 cm³/mol. The number of ether oxygens (including phenoxy) is 1. The Kier molecular flexibility index (Phi) is 15.4. The number of rotatable bonds is 12. The average Bonchev–Trinajstić information content (AvgIpc) is 3.63. The number of carbonyl (C=O) groups is 4. The van der Waals surface area contributed by atoms with Crippen molar-refractivity contribution in [2.45, 2.75) is 70.1 Å². The molecule has 2 aliphatic rings. The topological polar surface area (TPSA) is 137 Å². The van der Waals surface area contributed by atoms with Gasteiger partial charge in [-0.3, -0.25) is 19.2 Å². The van der Waals surface area contributed by atoms with E-state index in [9.17, 15) is 24.3 Å². The Morgan fingerprint density at radius 2 is 1.62 bits per heavy atom. The Labute approximate surface area is 395 Å². The van der Waals surface area contributed by atoms with Crippen LogP contribution in [0.5, 0.6) is 11.5 Å². The molecule has 0 unspecified atom stereocenters. The number of ketones is 1. The van der Waals surface area contributed by atoms with E-state index in [0.717, 1.165) is 28.2 Å². The van der Waals surface area contributed by atoms with E-state index in [1.54, 1.807) is 36.1 Å². The summed E-state index contributed by atoms with van der Waals surface area (Å²) in [6, 6.07) is 26.4. The first kappa shape index (κ1) is 47.7. The summed E-state index contributed by atoms with van der Waals surface area (Å²) in [6.45, 7) is 2.10. The van der Waals surface area contributed by atoms with Crippen molar-refractivity contribution in [2.75, 3.05) is 33.8 Å². The number of imidazole rings is 1. The van der Waals surface area contributed by atoms with Gasteiger partial charge in [0, 0.05) is 54.2 Å². The van der Waals surface area contributed by atoms with Crippen LogP contribution in [0, 0.1) is 11.8 Å². The molecule has 0 radical (unpaired) electrons. The number of Topliss-reactive ketones (excluding diaryl/α,β-unsaturated/α-hetero) is 1. The van der Waals surface area contributed by atoms with Crippen LogP contribution in [0.1, 0.15) is 55.1 Å². The van der Waals surface area contributed by atoms with Crippen molar-refractivity contribution in [3.05, 3.63) is 135 Å². The number of nitrogens with zero attached hydrogens (tertiary/aromatic N) is 5. The Morgan fingerprint density at radius 3 is 2.31 bits per heavy atom. The fourth-order valence-corrected chi connectivity index (χ4v) is 9.59. The number of fused-ring (bicyclic) bond motifs is 2. The monoisotopic (exact) mass is 940 g/mol. The minimum Gasteiger partial charge on any atom is -0.457 e. The van der Waals surface area contributed by atoms with Gasteiger partial charge in [0.2, 0.25) is 17.7 Å². The standard InChI is InChI=1S/C50H55Cl3N6O6/c1-32-44(61)22-37(30-60)48(63)55-50(26-34-11-15-38(51)16-12-34)19-8-20-58(31-50)49(64)36(21-33-9-6-5-7-10-33)23-47(62)59(32)28-41-42(53)24-39(52)25-45(41)65-40-17-13-35(14-18-40)43-27-54-46(57(43)4)29-56(2)3/h5-7,9-18,24-25,27,32,36-37,60H,8,19-23,26,28-31H2,1-4H3,(H,55,63)/t32-,36+,37-,50+/m0/s1. The second-order valence-corrected chi connectivity index (χ2v) is 18.9. The van der Waals surface area contributed by atoms with Gasteiger partial charge in [-0.05, 0) is 106 Å². The van der Waals surface area contributed by atoms with Gasteiger partial charge < -0.3 is 34.4 Å². The third-order valence-electron chi connectivity index (χ3n) is 12.5. The van der Waals surface area contributed by atoms with Gasteiger partial charge >= 0.3 is 0 Å². The number of aliphatic hydroxyl groups is 1. The first-order chi connectivity index (χ1) is 31.1. The molecule has 3 amide bonds. The van der Waals surface area contributed by atoms with Crippen LogP contribution < -0.4 is 10.1 Å². The fourth-order valence-electron chi connectivity index (χ4n) is 8.93. The number of aliphatic hydroxyl groups excluding tert-OH is 1. The molecule has 15 heteroatoms. The van der Waals surface area contributed by atoms with E-state index < -0.39 is 47.6 Å². The maximum atomic E-state index is 15.0. The molecule has 0 aliphatic carbocycles. The van der Waals surface area contributed by atoms with Gasteiger partial charge in [-0.2, -0.15) is 0 Å². The molecule has 4 atom stereocenters. The third kappa shape index (κ3) is 11.6. The summed E-state index contributed by atoms with van der Waals surface area (Å²) >= 11 is 19.7. The molecule has 5 aromatic rings. The molecule has 65 heavy (non-hydrogen) atoms. The second kappa shape index (κ2) is 20.9. The number of amides is 3. The highest BCUT2D eigenvalue weighted by Gasteiger charge is 2.43. The van der Waals surface area contributed by atoms with Crippen molar-refractivity contribution in [1.82, 2.24) is 29.6 Å². The van der Waals surface area contributed by atoms with Gasteiger partial charge in [0.1, 0.15) is 17.3 Å². The molecule has 2 fully saturated rings. The Balaban J connectivity index is 1.22. The molecule has 2 saturated heterocycles. The van der Waals surface area contributed by atoms with Crippen molar-refractivity contribution in [2.24, 2.45) is 18.9 Å². The predicted octanol–water partition coefficient (Wildman–Crippen LogP) is 8.17. The molecule has 3 heterocycles. The quantitative estimate of drug-likeness (QED) is 0.128. The van der Waals surface area contributed by atoms with Crippen LogP contribution in [-0.4, -0.2) is 98.2 Å². The summed E-state index contributed by atoms with van der Waals surface area (Å²) in [7, 11) is 5.95. The minimum atomic E-state index is -1.12. The van der Waals surface area contributed by atoms with E-state index >= 15 is 0 Å². The number of hydrogen-bond acceptors (Lipinski definition) is 8. The smallest absolute Gasteiger partial charge is 0.226 e. The number of aromatic nitrogens is 2. The van der Waals surface area contributed by atoms with Crippen molar-refractivity contribution >= 4 is 58.3 Å². The largest absolute Gasteiger partial charge is 0.457 e. The van der Waals surface area contributed by atoms with Gasteiger partial charge in [0.05, 0.1) is 60.0 Å². The lowest BCUT2D eigenvalue weighted by atomic mass is 9.81. The highest BCUT2D eigenvalue weighted by atomic mass is 35.5. The average molecular weight is 942 g/mol. The number of hydrogen-bond donors (Lipinski definition) is 2. The first-order valence-electron chi connectivity index (χ1n) is 21.9. The first-order valence-corrected chi connectivity index (χ1v) is 23.0. The van der Waals surface area contributed by atoms with Gasteiger partial charge in [-0.15, -0.1) is 0 Å². The van der Waals surface area contributed by atoms with Crippen LogP contribution >= 0.6 is 34.8 Å². The van der Waals surface area contributed by atoms with E-state index in [-0.39, 0.29) is 49.0 Å². The van der Waals surface area contributed by atoms with Gasteiger partial charge in [0.25, 0.3) is 0 Å². The molecule has 1 aromatic heterocycles. The zero-order chi connectivity index (χ0) is 46.4. The van der Waals surface area contributed by atoms with E-state index in [2.05, 4.69) is 15.2 Å². The van der Waals surface area contributed by atoms with Gasteiger partial charge in [0.15, 0.2) is 5.78 Å². The molecule has 2 aliphatic heterocycles. The third-order valence-corrected chi connectivity index (χ3v) is 13.3. The molecular formula is C50H55Cl3N6O6. The molecule has 4 aromatic carbocycles. The minimum absolute atomic E-state index is 0.174. The summed E-state index contributed by atoms with van der Waals surface area (Å²) in [4.78, 5) is 68.3. The van der Waals surface area contributed by atoms with E-state index in [1.807, 2.05) is 98.6 Å². The molecule has 0 spiro atoms. The summed E-state index contributed by atoms with van der Waals surface area (Å²) in [5.41, 5.74) is 3.12. The maximum absolute atomic E-state index is 15.0. The normalized spacial score (nSPS) is 21.1.